The Kier molecular flexibility index (Phi) is 4.59. The number of nitrogen functional groups attached to an aromatic ring is 1. The van der Waals surface area contributed by atoms with Crippen molar-refractivity contribution in [2.24, 2.45) is 7.05 Å². The van der Waals surface area contributed by atoms with Crippen molar-refractivity contribution < 1.29 is 13.5 Å². The highest BCUT2D eigenvalue weighted by Gasteiger charge is 2.34. The summed E-state index contributed by atoms with van der Waals surface area (Å²) in [6.45, 7) is 5.01. The van der Waals surface area contributed by atoms with Crippen molar-refractivity contribution in [1.82, 2.24) is 14.5 Å². The van der Waals surface area contributed by atoms with Crippen LogP contribution in [-0.2, 0) is 17.1 Å². The van der Waals surface area contributed by atoms with Gasteiger partial charge in [-0.05, 0) is 19.8 Å². The molecule has 19 heavy (non-hydrogen) atoms. The maximum absolute atomic E-state index is 12.4. The number of hydrogen-bond donors (Lipinski definition) is 3. The van der Waals surface area contributed by atoms with Gasteiger partial charge in [-0.1, -0.05) is 13.8 Å². The van der Waals surface area contributed by atoms with Gasteiger partial charge < -0.3 is 10.8 Å². The van der Waals surface area contributed by atoms with E-state index in [9.17, 15) is 13.5 Å². The van der Waals surface area contributed by atoms with Gasteiger partial charge in [-0.15, -0.1) is 0 Å². The number of aliphatic hydroxyl groups is 1. The maximum atomic E-state index is 12.4. The van der Waals surface area contributed by atoms with E-state index in [-0.39, 0.29) is 17.3 Å². The molecule has 0 amide bonds. The van der Waals surface area contributed by atoms with Crippen LogP contribution in [0.15, 0.2) is 4.90 Å². The van der Waals surface area contributed by atoms with Crippen LogP contribution in [0, 0.1) is 6.92 Å². The molecule has 0 spiro atoms. The van der Waals surface area contributed by atoms with Gasteiger partial charge in [0, 0.05) is 7.05 Å². The second-order valence-corrected chi connectivity index (χ2v) is 6.29. The van der Waals surface area contributed by atoms with E-state index < -0.39 is 15.6 Å². The quantitative estimate of drug-likeness (QED) is 0.690. The predicted octanol–water partition coefficient (Wildman–Crippen LogP) is 0.140. The molecule has 4 N–H and O–H groups in total. The standard InChI is InChI=1S/C11H22N4O3S/c1-5-11(6-2,7-16)14-19(17,18)9-8(3)15(4)13-10(9)12/h14,16H,5-7H2,1-4H3,(H2,12,13). The van der Waals surface area contributed by atoms with Gasteiger partial charge in [-0.2, -0.15) is 5.10 Å². The summed E-state index contributed by atoms with van der Waals surface area (Å²) in [5.74, 6) is -0.0356. The maximum Gasteiger partial charge on any atom is 0.246 e. The van der Waals surface area contributed by atoms with E-state index >= 15 is 0 Å². The van der Waals surface area contributed by atoms with Crippen LogP contribution in [0.1, 0.15) is 32.4 Å². The number of nitrogens with one attached hydrogen (secondary N) is 1. The molecule has 8 heteroatoms. The summed E-state index contributed by atoms with van der Waals surface area (Å²) in [4.78, 5) is -0.0188. The lowest BCUT2D eigenvalue weighted by molar-refractivity contribution is 0.172. The molecule has 110 valence electrons. The van der Waals surface area contributed by atoms with Gasteiger partial charge in [0.1, 0.15) is 4.90 Å². The molecule has 1 aromatic rings. The molecule has 1 aromatic heterocycles. The van der Waals surface area contributed by atoms with Crippen molar-refractivity contribution in [2.75, 3.05) is 12.3 Å². The van der Waals surface area contributed by atoms with Crippen LogP contribution >= 0.6 is 0 Å². The zero-order valence-corrected chi connectivity index (χ0v) is 12.6. The molecular weight excluding hydrogens is 268 g/mol. The fourth-order valence-electron chi connectivity index (χ4n) is 1.93. The van der Waals surface area contributed by atoms with Crippen molar-refractivity contribution in [1.29, 1.82) is 0 Å². The molecule has 0 bridgehead atoms. The Morgan fingerprint density at radius 1 is 1.42 bits per heavy atom. The zero-order valence-electron chi connectivity index (χ0n) is 11.8. The Balaban J connectivity index is 3.25. The number of aliphatic hydroxyl groups excluding tert-OH is 1. The highest BCUT2D eigenvalue weighted by atomic mass is 32.2. The van der Waals surface area contributed by atoms with Crippen LogP contribution in [0.4, 0.5) is 5.82 Å². The smallest absolute Gasteiger partial charge is 0.246 e. The highest BCUT2D eigenvalue weighted by Crippen LogP contribution is 2.24. The summed E-state index contributed by atoms with van der Waals surface area (Å²) in [5, 5.41) is 13.3. The Morgan fingerprint density at radius 2 is 1.95 bits per heavy atom. The Morgan fingerprint density at radius 3 is 2.26 bits per heavy atom. The number of anilines is 1. The predicted molar refractivity (Wildman–Crippen MR) is 73.1 cm³/mol. The summed E-state index contributed by atoms with van der Waals surface area (Å²) in [7, 11) is -2.18. The van der Waals surface area contributed by atoms with Gasteiger partial charge in [0.2, 0.25) is 10.0 Å². The summed E-state index contributed by atoms with van der Waals surface area (Å²) in [6.07, 6.45) is 0.969. The first-order chi connectivity index (χ1) is 8.73. The van der Waals surface area contributed by atoms with Crippen LogP contribution in [0.2, 0.25) is 0 Å². The number of hydrogen-bond acceptors (Lipinski definition) is 5. The van der Waals surface area contributed by atoms with Gasteiger partial charge in [0.25, 0.3) is 0 Å². The number of sulfonamides is 1. The fourth-order valence-corrected chi connectivity index (χ4v) is 3.80. The lowest BCUT2D eigenvalue weighted by Gasteiger charge is -2.30. The molecule has 0 radical (unpaired) electrons. The van der Waals surface area contributed by atoms with Gasteiger partial charge >= 0.3 is 0 Å². The molecule has 0 aromatic carbocycles. The lowest BCUT2D eigenvalue weighted by atomic mass is 9.96. The van der Waals surface area contributed by atoms with E-state index in [1.165, 1.54) is 4.68 Å². The molecule has 0 saturated carbocycles. The number of aryl methyl sites for hydroxylation is 1. The average molecular weight is 290 g/mol. The first-order valence-corrected chi connectivity index (χ1v) is 7.65. The van der Waals surface area contributed by atoms with Gasteiger partial charge in [0.05, 0.1) is 17.8 Å². The minimum absolute atomic E-state index is 0.0188. The van der Waals surface area contributed by atoms with E-state index in [1.54, 1.807) is 14.0 Å². The van der Waals surface area contributed by atoms with Gasteiger partial charge in [-0.25, -0.2) is 13.1 Å². The number of aromatic nitrogens is 2. The SMILES string of the molecule is CCC(CC)(CO)NS(=O)(=O)c1c(N)nn(C)c1C. The summed E-state index contributed by atoms with van der Waals surface area (Å²) in [5.41, 5.74) is 5.25. The molecule has 0 aliphatic heterocycles. The average Bonchev–Trinajstić information content (AvgIpc) is 2.61. The van der Waals surface area contributed by atoms with Gasteiger partial charge in [-0.3, -0.25) is 4.68 Å². The lowest BCUT2D eigenvalue weighted by Crippen LogP contribution is -2.50. The van der Waals surface area contributed by atoms with Crippen molar-refractivity contribution in [3.05, 3.63) is 5.69 Å². The minimum atomic E-state index is -3.81. The van der Waals surface area contributed by atoms with Crippen molar-refractivity contribution in [2.45, 2.75) is 44.0 Å². The van der Waals surface area contributed by atoms with E-state index in [1.807, 2.05) is 13.8 Å². The summed E-state index contributed by atoms with van der Waals surface area (Å²) >= 11 is 0. The third kappa shape index (κ3) is 2.90. The molecule has 0 unspecified atom stereocenters. The number of rotatable bonds is 6. The van der Waals surface area contributed by atoms with Crippen molar-refractivity contribution >= 4 is 15.8 Å². The minimum Gasteiger partial charge on any atom is -0.394 e. The van der Waals surface area contributed by atoms with Gasteiger partial charge in [0.15, 0.2) is 5.82 Å². The number of nitrogens with two attached hydrogens (primary N) is 1. The molecule has 0 aliphatic rings. The third-order valence-corrected chi connectivity index (χ3v) is 5.32. The second kappa shape index (κ2) is 5.48. The molecule has 1 heterocycles. The molecule has 0 fully saturated rings. The molecule has 7 nitrogen and oxygen atoms in total. The first-order valence-electron chi connectivity index (χ1n) is 6.17. The Hall–Kier alpha value is -1.12. The first kappa shape index (κ1) is 15.9. The highest BCUT2D eigenvalue weighted by molar-refractivity contribution is 7.89. The Bertz CT molecular complexity index is 538. The van der Waals surface area contributed by atoms with E-state index in [0.29, 0.717) is 18.5 Å². The monoisotopic (exact) mass is 290 g/mol. The van der Waals surface area contributed by atoms with E-state index in [2.05, 4.69) is 9.82 Å². The van der Waals surface area contributed by atoms with E-state index in [4.69, 9.17) is 5.73 Å². The molecular formula is C11H22N4O3S. The van der Waals surface area contributed by atoms with E-state index in [0.717, 1.165) is 0 Å². The summed E-state index contributed by atoms with van der Waals surface area (Å²) < 4.78 is 28.8. The normalized spacial score (nSPS) is 12.9. The van der Waals surface area contributed by atoms with Crippen molar-refractivity contribution in [3.8, 4) is 0 Å². The third-order valence-electron chi connectivity index (χ3n) is 3.58. The molecule has 1 rings (SSSR count). The Labute approximate surface area is 113 Å². The molecule has 0 atom stereocenters. The fraction of sp³-hybridized carbons (Fsp3) is 0.727. The van der Waals surface area contributed by atoms with Crippen LogP contribution in [0.3, 0.4) is 0 Å². The van der Waals surface area contributed by atoms with Crippen LogP contribution in [0.5, 0.6) is 0 Å². The van der Waals surface area contributed by atoms with Crippen LogP contribution in [-0.4, -0.2) is 35.5 Å². The topological polar surface area (TPSA) is 110 Å². The summed E-state index contributed by atoms with van der Waals surface area (Å²) in [6, 6.07) is 0. The van der Waals surface area contributed by atoms with Crippen LogP contribution in [0.25, 0.3) is 0 Å². The van der Waals surface area contributed by atoms with Crippen LogP contribution < -0.4 is 10.5 Å². The zero-order chi connectivity index (χ0) is 14.8. The second-order valence-electron chi connectivity index (χ2n) is 4.67. The largest absolute Gasteiger partial charge is 0.394 e. The molecule has 0 saturated heterocycles. The van der Waals surface area contributed by atoms with Crippen molar-refractivity contribution in [3.63, 3.8) is 0 Å². The molecule has 0 aliphatic carbocycles. The number of nitrogens with zero attached hydrogens (tertiary/aromatic N) is 2.